The first-order valence-corrected chi connectivity index (χ1v) is 10.5. The molecule has 148 valence electrons. The average Bonchev–Trinajstić information content (AvgIpc) is 3.32. The Morgan fingerprint density at radius 1 is 1.10 bits per heavy atom. The van der Waals surface area contributed by atoms with E-state index >= 15 is 0 Å². The van der Waals surface area contributed by atoms with Crippen LogP contribution in [0.1, 0.15) is 11.7 Å². The normalized spacial score (nSPS) is 12.2. The number of hydrogen-bond acceptors (Lipinski definition) is 6. The summed E-state index contributed by atoms with van der Waals surface area (Å²) in [5.41, 5.74) is 8.68. The van der Waals surface area contributed by atoms with Crippen LogP contribution < -0.4 is 5.73 Å². The quantitative estimate of drug-likeness (QED) is 0.455. The molecule has 0 bridgehead atoms. The average molecular weight is 427 g/mol. The molecule has 0 saturated heterocycles. The zero-order valence-electron chi connectivity index (χ0n) is 15.6. The van der Waals surface area contributed by atoms with Crippen LogP contribution in [0.4, 0.5) is 5.82 Å². The third kappa shape index (κ3) is 3.87. The lowest BCUT2D eigenvalue weighted by Gasteiger charge is -2.13. The molecule has 2 aromatic heterocycles. The van der Waals surface area contributed by atoms with Gasteiger partial charge in [0.25, 0.3) is 0 Å². The largest absolute Gasteiger partial charge is 0.386 e. The van der Waals surface area contributed by atoms with E-state index in [1.807, 2.05) is 65.4 Å². The molecule has 0 saturated carbocycles. The van der Waals surface area contributed by atoms with Crippen molar-refractivity contribution in [1.82, 2.24) is 24.5 Å². The summed E-state index contributed by atoms with van der Waals surface area (Å²) >= 11 is 7.51. The van der Waals surface area contributed by atoms with Gasteiger partial charge in [-0.1, -0.05) is 53.7 Å². The van der Waals surface area contributed by atoms with Gasteiger partial charge in [-0.2, -0.15) is 5.10 Å². The van der Waals surface area contributed by atoms with Crippen LogP contribution in [0.15, 0.2) is 66.0 Å². The van der Waals surface area contributed by atoms with Crippen LogP contribution in [-0.2, 0) is 6.54 Å². The molecule has 3 N–H and O–H groups in total. The molecule has 9 heteroatoms. The highest BCUT2D eigenvalue weighted by Crippen LogP contribution is 2.31. The van der Waals surface area contributed by atoms with Crippen molar-refractivity contribution >= 4 is 29.2 Å². The summed E-state index contributed by atoms with van der Waals surface area (Å²) in [6.45, 7) is 0.236. The van der Waals surface area contributed by atoms with Crippen LogP contribution >= 0.6 is 23.4 Å². The van der Waals surface area contributed by atoms with E-state index in [9.17, 15) is 5.11 Å². The van der Waals surface area contributed by atoms with Gasteiger partial charge in [-0.15, -0.1) is 10.2 Å². The van der Waals surface area contributed by atoms with Crippen molar-refractivity contribution in [3.8, 4) is 17.1 Å². The minimum atomic E-state index is -0.720. The lowest BCUT2D eigenvalue weighted by molar-refractivity contribution is 0.152. The van der Waals surface area contributed by atoms with Crippen LogP contribution in [0.5, 0.6) is 0 Å². The fourth-order valence-corrected chi connectivity index (χ4v) is 3.68. The topological polar surface area (TPSA) is 94.8 Å². The fourth-order valence-electron chi connectivity index (χ4n) is 3.06. The highest BCUT2D eigenvalue weighted by molar-refractivity contribution is 7.98. The number of halogens is 1. The minimum Gasteiger partial charge on any atom is -0.386 e. The number of benzene rings is 2. The number of nitrogens with two attached hydrogens (primary N) is 1. The monoisotopic (exact) mass is 426 g/mol. The van der Waals surface area contributed by atoms with Crippen molar-refractivity contribution in [1.29, 1.82) is 0 Å². The number of aliphatic hydroxyl groups excluding tert-OH is 1. The zero-order chi connectivity index (χ0) is 20.4. The van der Waals surface area contributed by atoms with Crippen LogP contribution in [-0.4, -0.2) is 35.9 Å². The zero-order valence-corrected chi connectivity index (χ0v) is 17.2. The van der Waals surface area contributed by atoms with E-state index in [2.05, 4.69) is 15.3 Å². The lowest BCUT2D eigenvalue weighted by Crippen LogP contribution is -2.12. The van der Waals surface area contributed by atoms with Crippen molar-refractivity contribution in [2.24, 2.45) is 0 Å². The van der Waals surface area contributed by atoms with Gasteiger partial charge in [-0.25, -0.2) is 4.68 Å². The van der Waals surface area contributed by atoms with Crippen molar-refractivity contribution in [3.63, 3.8) is 0 Å². The predicted octanol–water partition coefficient (Wildman–Crippen LogP) is 3.82. The number of rotatable bonds is 6. The number of nitrogen functional groups attached to an aromatic ring is 1. The smallest absolute Gasteiger partial charge is 0.195 e. The van der Waals surface area contributed by atoms with Crippen LogP contribution in [0.25, 0.3) is 17.1 Å². The van der Waals surface area contributed by atoms with E-state index in [-0.39, 0.29) is 6.54 Å². The summed E-state index contributed by atoms with van der Waals surface area (Å²) in [6.07, 6.45) is 2.86. The number of thioether (sulfide) groups is 1. The van der Waals surface area contributed by atoms with Gasteiger partial charge in [0.2, 0.25) is 0 Å². The van der Waals surface area contributed by atoms with E-state index in [0.717, 1.165) is 16.4 Å². The molecular formula is C20H19ClN6OS. The summed E-state index contributed by atoms with van der Waals surface area (Å²) in [4.78, 5) is 0. The van der Waals surface area contributed by atoms with Gasteiger partial charge >= 0.3 is 0 Å². The van der Waals surface area contributed by atoms with Gasteiger partial charge in [-0.3, -0.25) is 4.57 Å². The standard InChI is InChI=1S/C20H19ClN6OS/c1-29-20-25-24-19(27(20)15-9-7-14(21)8-10-15)16-11-23-26(18(16)22)12-17(28)13-5-3-2-4-6-13/h2-11,17,28H,12,22H2,1H3. The molecular weight excluding hydrogens is 408 g/mol. The van der Waals surface area contributed by atoms with E-state index in [1.165, 1.54) is 11.8 Å². The second-order valence-corrected chi connectivity index (χ2v) is 7.58. The van der Waals surface area contributed by atoms with Crippen molar-refractivity contribution in [3.05, 3.63) is 71.4 Å². The van der Waals surface area contributed by atoms with Crippen LogP contribution in [0, 0.1) is 0 Å². The molecule has 2 heterocycles. The van der Waals surface area contributed by atoms with Gasteiger partial charge in [-0.05, 0) is 36.1 Å². The highest BCUT2D eigenvalue weighted by Gasteiger charge is 2.21. The molecule has 0 fully saturated rings. The van der Waals surface area contributed by atoms with Crippen molar-refractivity contribution < 1.29 is 5.11 Å². The third-order valence-corrected chi connectivity index (χ3v) is 5.43. The summed E-state index contributed by atoms with van der Waals surface area (Å²) in [5, 5.41) is 24.8. The van der Waals surface area contributed by atoms with Crippen molar-refractivity contribution in [2.75, 3.05) is 12.0 Å². The summed E-state index contributed by atoms with van der Waals surface area (Å²) < 4.78 is 3.49. The molecule has 4 rings (SSSR count). The molecule has 1 unspecified atom stereocenters. The lowest BCUT2D eigenvalue weighted by atomic mass is 10.1. The Labute approximate surface area is 177 Å². The Kier molecular flexibility index (Phi) is 5.57. The third-order valence-electron chi connectivity index (χ3n) is 4.55. The minimum absolute atomic E-state index is 0.236. The molecule has 0 radical (unpaired) electrons. The van der Waals surface area contributed by atoms with Gasteiger partial charge in [0, 0.05) is 10.7 Å². The Morgan fingerprint density at radius 2 is 1.83 bits per heavy atom. The molecule has 0 aliphatic heterocycles. The van der Waals surface area contributed by atoms with Gasteiger partial charge in [0.1, 0.15) is 5.82 Å². The predicted molar refractivity (Wildman–Crippen MR) is 115 cm³/mol. The van der Waals surface area contributed by atoms with E-state index < -0.39 is 6.10 Å². The molecule has 1 atom stereocenters. The molecule has 0 spiro atoms. The number of nitrogens with zero attached hydrogens (tertiary/aromatic N) is 5. The van der Waals surface area contributed by atoms with Crippen molar-refractivity contribution in [2.45, 2.75) is 17.8 Å². The maximum absolute atomic E-state index is 10.5. The first-order chi connectivity index (χ1) is 14.1. The van der Waals surface area contributed by atoms with E-state index in [4.69, 9.17) is 17.3 Å². The number of aliphatic hydroxyl groups is 1. The van der Waals surface area contributed by atoms with E-state index in [1.54, 1.807) is 10.9 Å². The highest BCUT2D eigenvalue weighted by atomic mass is 35.5. The summed E-state index contributed by atoms with van der Waals surface area (Å²) in [7, 11) is 0. The molecule has 0 aliphatic carbocycles. The Morgan fingerprint density at radius 3 is 2.52 bits per heavy atom. The Bertz CT molecular complexity index is 1110. The number of hydrogen-bond donors (Lipinski definition) is 2. The van der Waals surface area contributed by atoms with Crippen LogP contribution in [0.3, 0.4) is 0 Å². The molecule has 4 aromatic rings. The summed E-state index contributed by atoms with van der Waals surface area (Å²) in [6, 6.07) is 16.8. The molecule has 2 aromatic carbocycles. The maximum Gasteiger partial charge on any atom is 0.195 e. The first-order valence-electron chi connectivity index (χ1n) is 8.88. The molecule has 7 nitrogen and oxygen atoms in total. The molecule has 29 heavy (non-hydrogen) atoms. The van der Waals surface area contributed by atoms with Gasteiger partial charge < -0.3 is 10.8 Å². The number of aromatic nitrogens is 5. The second-order valence-electron chi connectivity index (χ2n) is 6.37. The molecule has 0 aliphatic rings. The maximum atomic E-state index is 10.5. The second kappa shape index (κ2) is 8.28. The fraction of sp³-hybridized carbons (Fsp3) is 0.150. The van der Waals surface area contributed by atoms with E-state index in [0.29, 0.717) is 22.2 Å². The first kappa shape index (κ1) is 19.5. The van der Waals surface area contributed by atoms with Gasteiger partial charge in [0.15, 0.2) is 11.0 Å². The number of anilines is 1. The Hall–Kier alpha value is -2.81. The Balaban J connectivity index is 1.70. The van der Waals surface area contributed by atoms with Gasteiger partial charge in [0.05, 0.1) is 24.4 Å². The SMILES string of the molecule is CSc1nnc(-c2cnn(CC(O)c3ccccc3)c2N)n1-c1ccc(Cl)cc1. The molecule has 0 amide bonds. The van der Waals surface area contributed by atoms with Crippen LogP contribution in [0.2, 0.25) is 5.02 Å². The summed E-state index contributed by atoms with van der Waals surface area (Å²) in [5.74, 6) is 0.991.